The fraction of sp³-hybridized carbons (Fsp3) is 0.600. The third-order valence-electron chi connectivity index (χ3n) is 8.84. The maximum atomic E-state index is 5.39. The summed E-state index contributed by atoms with van der Waals surface area (Å²) in [6.07, 6.45) is 12.2. The number of aromatic nitrogens is 3. The second kappa shape index (κ2) is 11.0. The van der Waals surface area contributed by atoms with Crippen LogP contribution in [0.1, 0.15) is 89.2 Å². The molecule has 8 heteroatoms. The molecular weight excluding hydrogens is 472 g/mol. The van der Waals surface area contributed by atoms with Crippen LogP contribution in [-0.4, -0.2) is 63.6 Å². The number of hydrogen-bond donors (Lipinski definition) is 1. The number of rotatable bonds is 6. The van der Waals surface area contributed by atoms with Crippen LogP contribution in [0.4, 0.5) is 5.69 Å². The van der Waals surface area contributed by atoms with E-state index in [-0.39, 0.29) is 12.1 Å². The van der Waals surface area contributed by atoms with Crippen LogP contribution in [0.5, 0.6) is 0 Å². The largest absolute Gasteiger partial charge is 0.369 e. The Morgan fingerprint density at radius 2 is 1.82 bits per heavy atom. The third-order valence-corrected chi connectivity index (χ3v) is 8.84. The Kier molecular flexibility index (Phi) is 7.32. The number of nitrogens with one attached hydrogen (secondary N) is 1. The molecule has 4 heterocycles. The second-order valence-corrected chi connectivity index (χ2v) is 11.2. The summed E-state index contributed by atoms with van der Waals surface area (Å²) in [6, 6.07) is 9.77. The van der Waals surface area contributed by atoms with Gasteiger partial charge in [0, 0.05) is 44.3 Å². The summed E-state index contributed by atoms with van der Waals surface area (Å²) in [5.41, 5.74) is 3.69. The van der Waals surface area contributed by atoms with Crippen LogP contribution < -0.4 is 10.2 Å². The molecule has 4 aliphatic rings. The van der Waals surface area contributed by atoms with Gasteiger partial charge in [0.1, 0.15) is 12.2 Å². The minimum absolute atomic E-state index is 0.0569. The first-order valence-corrected chi connectivity index (χ1v) is 14.8. The molecule has 1 aromatic carbocycles. The van der Waals surface area contributed by atoms with Gasteiger partial charge in [0.05, 0.1) is 17.8 Å². The zero-order valence-corrected chi connectivity index (χ0v) is 23.2. The molecule has 202 valence electrons. The van der Waals surface area contributed by atoms with Crippen molar-refractivity contribution in [3.8, 4) is 0 Å². The number of amidine groups is 2. The normalized spacial score (nSPS) is 26.0. The van der Waals surface area contributed by atoms with Gasteiger partial charge in [0.25, 0.3) is 0 Å². The minimum atomic E-state index is 0.0569. The van der Waals surface area contributed by atoms with Crippen LogP contribution in [0.25, 0.3) is 5.70 Å². The van der Waals surface area contributed by atoms with Gasteiger partial charge in [0.2, 0.25) is 0 Å². The number of aliphatic imine (C=N–C) groups is 2. The van der Waals surface area contributed by atoms with Crippen molar-refractivity contribution in [3.05, 3.63) is 48.1 Å². The molecule has 3 atom stereocenters. The number of piperazine rings is 1. The van der Waals surface area contributed by atoms with E-state index in [4.69, 9.17) is 9.98 Å². The average Bonchev–Trinajstić information content (AvgIpc) is 3.63. The number of nitrogens with zero attached hydrogens (tertiary/aromatic N) is 7. The molecule has 2 aromatic rings. The summed E-state index contributed by atoms with van der Waals surface area (Å²) >= 11 is 0. The van der Waals surface area contributed by atoms with E-state index >= 15 is 0 Å². The number of hydrogen-bond acceptors (Lipinski definition) is 6. The van der Waals surface area contributed by atoms with E-state index in [1.54, 1.807) is 0 Å². The Morgan fingerprint density at radius 1 is 1.05 bits per heavy atom. The standard InChI is InChI=1S/C30H42N8/c1-4-22-18-27-29(38(25-8-6-7-9-25)26(5-2)30-35-32-20-37(27)30)34-28(19-22)33-21(3)23-10-12-24(13-11-23)36-16-14-31-15-17-36/h10-13,18,20-22,25-26,31H,4-9,14-17,19H2,1-3H3. The first kappa shape index (κ1) is 25.3. The Bertz CT molecular complexity index is 1200. The highest BCUT2D eigenvalue weighted by atomic mass is 15.4. The van der Waals surface area contributed by atoms with Crippen LogP contribution in [-0.2, 0) is 0 Å². The second-order valence-electron chi connectivity index (χ2n) is 11.2. The first-order valence-electron chi connectivity index (χ1n) is 14.8. The third kappa shape index (κ3) is 4.79. The monoisotopic (exact) mass is 514 g/mol. The van der Waals surface area contributed by atoms with Gasteiger partial charge in [0.15, 0.2) is 11.7 Å². The summed E-state index contributed by atoms with van der Waals surface area (Å²) in [4.78, 5) is 15.7. The van der Waals surface area contributed by atoms with Crippen LogP contribution >= 0.6 is 0 Å². The summed E-state index contributed by atoms with van der Waals surface area (Å²) in [7, 11) is 0. The predicted octanol–water partition coefficient (Wildman–Crippen LogP) is 5.23. The molecule has 1 aliphatic carbocycles. The lowest BCUT2D eigenvalue weighted by molar-refractivity contribution is 0.218. The van der Waals surface area contributed by atoms with Crippen molar-refractivity contribution in [2.24, 2.45) is 15.9 Å². The van der Waals surface area contributed by atoms with E-state index in [1.165, 1.54) is 36.9 Å². The Labute approximate surface area is 226 Å². The molecule has 8 nitrogen and oxygen atoms in total. The van der Waals surface area contributed by atoms with Crippen LogP contribution in [0, 0.1) is 5.92 Å². The lowest BCUT2D eigenvalue weighted by Crippen LogP contribution is -2.47. The zero-order valence-electron chi connectivity index (χ0n) is 23.2. The van der Waals surface area contributed by atoms with Gasteiger partial charge in [-0.2, -0.15) is 0 Å². The first-order chi connectivity index (χ1) is 18.7. The molecule has 1 saturated heterocycles. The molecule has 1 aromatic heterocycles. The molecular formula is C30H42N8. The number of fused-ring (bicyclic) bond motifs is 3. The van der Waals surface area contributed by atoms with Crippen LogP contribution in [0.2, 0.25) is 0 Å². The van der Waals surface area contributed by atoms with E-state index in [0.717, 1.165) is 68.6 Å². The van der Waals surface area contributed by atoms with Gasteiger partial charge >= 0.3 is 0 Å². The summed E-state index contributed by atoms with van der Waals surface area (Å²) in [5, 5.41) is 12.4. The summed E-state index contributed by atoms with van der Waals surface area (Å²) in [6.45, 7) is 11.0. The van der Waals surface area contributed by atoms with Gasteiger partial charge in [-0.3, -0.25) is 9.56 Å². The Balaban J connectivity index is 1.35. The van der Waals surface area contributed by atoms with Gasteiger partial charge in [-0.25, -0.2) is 4.99 Å². The lowest BCUT2D eigenvalue weighted by Gasteiger charge is -2.42. The molecule has 2 fully saturated rings. The van der Waals surface area contributed by atoms with Crippen molar-refractivity contribution in [2.45, 2.75) is 83.8 Å². The molecule has 1 saturated carbocycles. The number of allylic oxidation sites excluding steroid dienone is 1. The number of benzene rings is 1. The molecule has 38 heavy (non-hydrogen) atoms. The predicted molar refractivity (Wildman–Crippen MR) is 155 cm³/mol. The van der Waals surface area contributed by atoms with Crippen LogP contribution in [0.3, 0.4) is 0 Å². The SMILES string of the molecule is CCC1C=C2C(=NC(=NC(C)c3ccc(N4CCNCC4)cc3)C1)N(C1CCCC1)C(CC)c1nncn12. The smallest absolute Gasteiger partial charge is 0.160 e. The van der Waals surface area contributed by atoms with Crippen molar-refractivity contribution >= 4 is 23.1 Å². The quantitative estimate of drug-likeness (QED) is 0.572. The molecule has 0 amide bonds. The van der Waals surface area contributed by atoms with E-state index in [2.05, 4.69) is 81.0 Å². The average molecular weight is 515 g/mol. The zero-order chi connectivity index (χ0) is 26.1. The molecule has 0 spiro atoms. The highest BCUT2D eigenvalue weighted by Crippen LogP contribution is 2.40. The fourth-order valence-corrected chi connectivity index (χ4v) is 6.64. The van der Waals surface area contributed by atoms with Gasteiger partial charge in [-0.15, -0.1) is 10.2 Å². The summed E-state index contributed by atoms with van der Waals surface area (Å²) < 4.78 is 2.20. The molecule has 0 bridgehead atoms. The minimum Gasteiger partial charge on any atom is -0.369 e. The van der Waals surface area contributed by atoms with Crippen molar-refractivity contribution in [3.63, 3.8) is 0 Å². The van der Waals surface area contributed by atoms with E-state index < -0.39 is 0 Å². The van der Waals surface area contributed by atoms with E-state index in [1.807, 2.05) is 6.33 Å². The van der Waals surface area contributed by atoms with Gasteiger partial charge in [-0.1, -0.05) is 44.9 Å². The molecule has 3 aliphatic heterocycles. The molecule has 3 unspecified atom stereocenters. The maximum Gasteiger partial charge on any atom is 0.160 e. The fourth-order valence-electron chi connectivity index (χ4n) is 6.64. The van der Waals surface area contributed by atoms with E-state index in [9.17, 15) is 0 Å². The topological polar surface area (TPSA) is 73.9 Å². The van der Waals surface area contributed by atoms with Gasteiger partial charge in [-0.05, 0) is 56.2 Å². The highest BCUT2D eigenvalue weighted by Gasteiger charge is 2.41. The van der Waals surface area contributed by atoms with Crippen molar-refractivity contribution in [2.75, 3.05) is 31.1 Å². The Hall–Kier alpha value is -3.00. The van der Waals surface area contributed by atoms with E-state index in [0.29, 0.717) is 12.0 Å². The van der Waals surface area contributed by atoms with Crippen molar-refractivity contribution < 1.29 is 0 Å². The van der Waals surface area contributed by atoms with Crippen molar-refractivity contribution in [1.29, 1.82) is 0 Å². The highest BCUT2D eigenvalue weighted by molar-refractivity contribution is 6.22. The number of anilines is 1. The van der Waals surface area contributed by atoms with Crippen LogP contribution in [0.15, 0.2) is 46.7 Å². The molecule has 0 radical (unpaired) electrons. The Morgan fingerprint density at radius 3 is 2.53 bits per heavy atom. The lowest BCUT2D eigenvalue weighted by atomic mass is 9.98. The summed E-state index contributed by atoms with van der Waals surface area (Å²) in [5.74, 6) is 3.47. The molecule has 1 N–H and O–H groups in total. The van der Waals surface area contributed by atoms with Crippen molar-refractivity contribution in [1.82, 2.24) is 25.0 Å². The van der Waals surface area contributed by atoms with Gasteiger partial charge < -0.3 is 15.1 Å². The maximum absolute atomic E-state index is 5.39. The molecule has 6 rings (SSSR count).